The number of hydrogen-bond acceptors (Lipinski definition) is 4. The second kappa shape index (κ2) is 6.38. The van der Waals surface area contributed by atoms with Crippen LogP contribution in [0.5, 0.6) is 11.5 Å². The third-order valence-corrected chi connectivity index (χ3v) is 4.78. The number of amides is 1. The molecule has 2 aliphatic carbocycles. The number of rotatable bonds is 5. The number of benzene rings is 1. The van der Waals surface area contributed by atoms with Gasteiger partial charge in [0.15, 0.2) is 0 Å². The third kappa shape index (κ3) is 2.93. The zero-order valence-electron chi connectivity index (χ0n) is 13.0. The van der Waals surface area contributed by atoms with Crippen molar-refractivity contribution < 1.29 is 14.3 Å². The predicted molar refractivity (Wildman–Crippen MR) is 84.2 cm³/mol. The Morgan fingerprint density at radius 2 is 1.95 bits per heavy atom. The molecule has 2 aliphatic rings. The molecule has 5 nitrogen and oxygen atoms in total. The van der Waals surface area contributed by atoms with Crippen LogP contribution in [0.2, 0.25) is 0 Å². The molecule has 0 aromatic heterocycles. The maximum absolute atomic E-state index is 12.1. The highest BCUT2D eigenvalue weighted by Crippen LogP contribution is 2.55. The van der Waals surface area contributed by atoms with Gasteiger partial charge in [0.05, 0.1) is 20.4 Å². The molecule has 2 saturated carbocycles. The van der Waals surface area contributed by atoms with Gasteiger partial charge in [0.1, 0.15) is 11.5 Å². The van der Waals surface area contributed by atoms with E-state index in [2.05, 4.69) is 10.5 Å². The number of hydrogen-bond donors (Lipinski definition) is 1. The van der Waals surface area contributed by atoms with Crippen LogP contribution >= 0.6 is 0 Å². The minimum atomic E-state index is 0.0561. The molecule has 0 aliphatic heterocycles. The fraction of sp³-hybridized carbons (Fsp3) is 0.529. The highest BCUT2D eigenvalue weighted by atomic mass is 16.5. The van der Waals surface area contributed by atoms with Crippen molar-refractivity contribution in [1.82, 2.24) is 5.43 Å². The molecule has 0 saturated heterocycles. The number of fused-ring (bicyclic) bond motifs is 1. The van der Waals surface area contributed by atoms with Crippen molar-refractivity contribution in [3.05, 3.63) is 23.8 Å². The van der Waals surface area contributed by atoms with E-state index in [1.165, 1.54) is 25.7 Å². The van der Waals surface area contributed by atoms with Crippen LogP contribution in [0.1, 0.15) is 31.2 Å². The number of hydrazone groups is 1. The summed E-state index contributed by atoms with van der Waals surface area (Å²) in [6, 6.07) is 5.48. The van der Waals surface area contributed by atoms with Crippen molar-refractivity contribution in [3.8, 4) is 11.5 Å². The van der Waals surface area contributed by atoms with Gasteiger partial charge in [-0.2, -0.15) is 5.10 Å². The molecule has 0 radical (unpaired) electrons. The average Bonchev–Trinajstić information content (AvgIpc) is 3.29. The third-order valence-electron chi connectivity index (χ3n) is 4.78. The summed E-state index contributed by atoms with van der Waals surface area (Å²) in [5.41, 5.74) is 3.48. The van der Waals surface area contributed by atoms with Gasteiger partial charge in [-0.25, -0.2) is 5.43 Å². The molecule has 118 valence electrons. The van der Waals surface area contributed by atoms with E-state index in [4.69, 9.17) is 9.47 Å². The largest absolute Gasteiger partial charge is 0.497 e. The molecule has 0 heterocycles. The Hall–Kier alpha value is -2.04. The van der Waals surface area contributed by atoms with Crippen molar-refractivity contribution in [2.24, 2.45) is 22.9 Å². The second-order valence-corrected chi connectivity index (χ2v) is 5.98. The smallest absolute Gasteiger partial charge is 0.243 e. The van der Waals surface area contributed by atoms with E-state index in [1.807, 2.05) is 12.1 Å². The standard InChI is InChI=1S/C17H22N2O3/c1-21-12-8-7-11(15(9-12)22-2)10-18-19-17(20)16-13-5-3-4-6-14(13)16/h7-10,13-14,16H,3-6H2,1-2H3,(H,19,20)/b18-10-/t13-,14-/m1/s1. The van der Waals surface area contributed by atoms with Crippen molar-refractivity contribution >= 4 is 12.1 Å². The van der Waals surface area contributed by atoms with E-state index in [-0.39, 0.29) is 11.8 Å². The lowest BCUT2D eigenvalue weighted by Crippen LogP contribution is -2.20. The quantitative estimate of drug-likeness (QED) is 0.672. The molecule has 3 rings (SSSR count). The van der Waals surface area contributed by atoms with E-state index in [0.717, 1.165) is 11.3 Å². The van der Waals surface area contributed by atoms with E-state index in [0.29, 0.717) is 17.6 Å². The Labute approximate surface area is 130 Å². The molecular formula is C17H22N2O3. The first-order valence-electron chi connectivity index (χ1n) is 7.79. The zero-order chi connectivity index (χ0) is 15.5. The second-order valence-electron chi connectivity index (χ2n) is 5.98. The summed E-state index contributed by atoms with van der Waals surface area (Å²) in [5.74, 6) is 2.81. The number of carbonyl (C=O) groups is 1. The predicted octanol–water partition coefficient (Wildman–Crippen LogP) is 2.59. The molecule has 1 aromatic rings. The fourth-order valence-corrected chi connectivity index (χ4v) is 3.55. The van der Waals surface area contributed by atoms with Crippen LogP contribution in [0.15, 0.2) is 23.3 Å². The summed E-state index contributed by atoms with van der Waals surface area (Å²) in [4.78, 5) is 12.1. The number of methoxy groups -OCH3 is 2. The Kier molecular flexibility index (Phi) is 4.32. The molecule has 2 fully saturated rings. The Bertz CT molecular complexity index is 573. The highest BCUT2D eigenvalue weighted by Gasteiger charge is 2.54. The molecule has 0 spiro atoms. The molecule has 2 atom stereocenters. The van der Waals surface area contributed by atoms with Gasteiger partial charge in [0, 0.05) is 17.5 Å². The summed E-state index contributed by atoms with van der Waals surface area (Å²) in [7, 11) is 3.21. The summed E-state index contributed by atoms with van der Waals surface area (Å²) < 4.78 is 10.5. The highest BCUT2D eigenvalue weighted by molar-refractivity contribution is 5.87. The minimum absolute atomic E-state index is 0.0561. The Balaban J connectivity index is 1.59. The van der Waals surface area contributed by atoms with Crippen LogP contribution < -0.4 is 14.9 Å². The number of ether oxygens (including phenoxy) is 2. The minimum Gasteiger partial charge on any atom is -0.497 e. The molecule has 1 amide bonds. The van der Waals surface area contributed by atoms with Gasteiger partial charge in [-0.1, -0.05) is 12.8 Å². The monoisotopic (exact) mass is 302 g/mol. The lowest BCUT2D eigenvalue weighted by Gasteiger charge is -2.06. The van der Waals surface area contributed by atoms with Crippen LogP contribution in [0, 0.1) is 17.8 Å². The first-order chi connectivity index (χ1) is 10.7. The Morgan fingerprint density at radius 1 is 1.23 bits per heavy atom. The number of nitrogens with zero attached hydrogens (tertiary/aromatic N) is 1. The topological polar surface area (TPSA) is 59.9 Å². The summed E-state index contributed by atoms with van der Waals surface area (Å²) in [5, 5.41) is 4.08. The maximum Gasteiger partial charge on any atom is 0.243 e. The lowest BCUT2D eigenvalue weighted by molar-refractivity contribution is -0.122. The summed E-state index contributed by atoms with van der Waals surface area (Å²) in [6.07, 6.45) is 6.52. The molecule has 5 heteroatoms. The molecule has 1 N–H and O–H groups in total. The number of nitrogens with one attached hydrogen (secondary N) is 1. The SMILES string of the molecule is COc1ccc(/C=N\NC(=O)C2[C@@H]3CCCC[C@@H]23)c(OC)c1. The maximum atomic E-state index is 12.1. The molecular weight excluding hydrogens is 280 g/mol. The first-order valence-corrected chi connectivity index (χ1v) is 7.79. The van der Waals surface area contributed by atoms with Crippen LogP contribution in [0.4, 0.5) is 0 Å². The molecule has 0 bridgehead atoms. The zero-order valence-corrected chi connectivity index (χ0v) is 13.0. The van der Waals surface area contributed by atoms with E-state index in [9.17, 15) is 4.79 Å². The average molecular weight is 302 g/mol. The van der Waals surface area contributed by atoms with Crippen LogP contribution in [0.3, 0.4) is 0 Å². The van der Waals surface area contributed by atoms with Crippen LogP contribution in [-0.4, -0.2) is 26.3 Å². The van der Waals surface area contributed by atoms with E-state index < -0.39 is 0 Å². The molecule has 22 heavy (non-hydrogen) atoms. The summed E-state index contributed by atoms with van der Waals surface area (Å²) in [6.45, 7) is 0. The number of carbonyl (C=O) groups excluding carboxylic acids is 1. The lowest BCUT2D eigenvalue weighted by atomic mass is 10.0. The van der Waals surface area contributed by atoms with E-state index >= 15 is 0 Å². The van der Waals surface area contributed by atoms with Crippen molar-refractivity contribution in [2.45, 2.75) is 25.7 Å². The van der Waals surface area contributed by atoms with Gasteiger partial charge >= 0.3 is 0 Å². The van der Waals surface area contributed by atoms with Crippen molar-refractivity contribution in [2.75, 3.05) is 14.2 Å². The van der Waals surface area contributed by atoms with Crippen molar-refractivity contribution in [1.29, 1.82) is 0 Å². The van der Waals surface area contributed by atoms with Crippen molar-refractivity contribution in [3.63, 3.8) is 0 Å². The van der Waals surface area contributed by atoms with Gasteiger partial charge in [-0.3, -0.25) is 4.79 Å². The molecule has 1 aromatic carbocycles. The summed E-state index contributed by atoms with van der Waals surface area (Å²) >= 11 is 0. The van der Waals surface area contributed by atoms with Gasteiger partial charge in [0.2, 0.25) is 5.91 Å². The van der Waals surface area contributed by atoms with E-state index in [1.54, 1.807) is 26.5 Å². The van der Waals surface area contributed by atoms with Gasteiger partial charge in [-0.05, 0) is 36.8 Å². The first kappa shape index (κ1) is 14.9. The van der Waals surface area contributed by atoms with Gasteiger partial charge in [-0.15, -0.1) is 0 Å². The van der Waals surface area contributed by atoms with Crippen LogP contribution in [0.25, 0.3) is 0 Å². The fourth-order valence-electron chi connectivity index (χ4n) is 3.55. The normalized spacial score (nSPS) is 26.4. The van der Waals surface area contributed by atoms with Crippen LogP contribution in [-0.2, 0) is 4.79 Å². The molecule has 0 unspecified atom stereocenters. The van der Waals surface area contributed by atoms with Gasteiger partial charge in [0.25, 0.3) is 0 Å². The van der Waals surface area contributed by atoms with Gasteiger partial charge < -0.3 is 9.47 Å². The Morgan fingerprint density at radius 3 is 2.59 bits per heavy atom.